The minimum atomic E-state index is -0.375. The number of H-pyrrole nitrogens is 3. The minimum Gasteiger partial charge on any atom is -0.348 e. The summed E-state index contributed by atoms with van der Waals surface area (Å²) in [4.78, 5) is 37.5. The van der Waals surface area contributed by atoms with Gasteiger partial charge < -0.3 is 15.0 Å². The van der Waals surface area contributed by atoms with Gasteiger partial charge in [0.25, 0.3) is 11.1 Å². The van der Waals surface area contributed by atoms with Crippen molar-refractivity contribution in [1.29, 1.82) is 0 Å². The molecule has 0 aliphatic carbocycles. The van der Waals surface area contributed by atoms with Crippen molar-refractivity contribution >= 4 is 18.2 Å². The lowest BCUT2D eigenvalue weighted by atomic mass is 9.90. The van der Waals surface area contributed by atoms with E-state index in [4.69, 9.17) is 0 Å². The van der Waals surface area contributed by atoms with Crippen LogP contribution in [0.1, 0.15) is 50.2 Å². The first-order chi connectivity index (χ1) is 13.8. The molecule has 0 unspecified atom stereocenters. The van der Waals surface area contributed by atoms with Gasteiger partial charge in [-0.3, -0.25) is 9.59 Å². The number of hydrogen-bond acceptors (Lipinski definition) is 3. The van der Waals surface area contributed by atoms with Crippen LogP contribution in [-0.2, 0) is 11.8 Å². The summed E-state index contributed by atoms with van der Waals surface area (Å²) in [6, 6.07) is 8.15. The third kappa shape index (κ3) is 4.90. The molecule has 2 heterocycles. The Bertz CT molecular complexity index is 1270. The van der Waals surface area contributed by atoms with Crippen LogP contribution < -0.4 is 21.8 Å². The van der Waals surface area contributed by atoms with Crippen molar-refractivity contribution in [1.82, 2.24) is 19.9 Å². The van der Waals surface area contributed by atoms with Gasteiger partial charge in [0, 0.05) is 11.1 Å². The van der Waals surface area contributed by atoms with Gasteiger partial charge in [0.2, 0.25) is 0 Å². The van der Waals surface area contributed by atoms with E-state index >= 15 is 0 Å². The Morgan fingerprint density at radius 2 is 1.79 bits per heavy atom. The van der Waals surface area contributed by atoms with Crippen molar-refractivity contribution in [3.63, 3.8) is 0 Å². The van der Waals surface area contributed by atoms with E-state index in [1.165, 1.54) is 5.56 Å². The maximum Gasteiger partial charge on any atom is 0.272 e. The van der Waals surface area contributed by atoms with Crippen LogP contribution in [0.25, 0.3) is 18.2 Å². The van der Waals surface area contributed by atoms with Gasteiger partial charge in [0.1, 0.15) is 10.7 Å². The minimum absolute atomic E-state index is 0.164. The Hall–Kier alpha value is -3.41. The summed E-state index contributed by atoms with van der Waals surface area (Å²) in [6.45, 7) is 8.24. The van der Waals surface area contributed by atoms with E-state index in [0.717, 1.165) is 17.7 Å². The van der Waals surface area contributed by atoms with Crippen LogP contribution in [0, 0.1) is 0 Å². The number of imidazole rings is 1. The highest BCUT2D eigenvalue weighted by Gasteiger charge is 2.19. The zero-order chi connectivity index (χ0) is 21.0. The van der Waals surface area contributed by atoms with Crippen molar-refractivity contribution in [2.45, 2.75) is 39.5 Å². The number of nitrogens with zero attached hydrogens (tertiary/aromatic N) is 1. The summed E-state index contributed by atoms with van der Waals surface area (Å²) < 4.78 is 0. The normalized spacial score (nSPS) is 13.5. The Balaban J connectivity index is 1.97. The number of hydrogen-bond donors (Lipinski definition) is 3. The smallest absolute Gasteiger partial charge is 0.272 e. The molecular formula is C23H26N4O2. The fraction of sp³-hybridized carbons (Fsp3) is 0.261. The molecular weight excluding hydrogens is 364 g/mol. The topological polar surface area (TPSA) is 94.4 Å². The van der Waals surface area contributed by atoms with E-state index in [1.807, 2.05) is 39.0 Å². The second kappa shape index (κ2) is 8.31. The molecule has 0 aliphatic heterocycles. The molecule has 3 rings (SSSR count). The number of rotatable bonds is 4. The third-order valence-electron chi connectivity index (χ3n) is 4.60. The van der Waals surface area contributed by atoms with Crippen LogP contribution in [0.15, 0.2) is 46.3 Å². The molecule has 0 fully saturated rings. The predicted molar refractivity (Wildman–Crippen MR) is 117 cm³/mol. The Kier molecular flexibility index (Phi) is 5.82. The molecule has 0 radical (unpaired) electrons. The molecule has 0 bridgehead atoms. The summed E-state index contributed by atoms with van der Waals surface area (Å²) >= 11 is 0. The van der Waals surface area contributed by atoms with Gasteiger partial charge in [0.05, 0.1) is 12.0 Å². The Morgan fingerprint density at radius 1 is 1.07 bits per heavy atom. The van der Waals surface area contributed by atoms with E-state index in [9.17, 15) is 9.59 Å². The van der Waals surface area contributed by atoms with Gasteiger partial charge >= 0.3 is 0 Å². The van der Waals surface area contributed by atoms with Crippen LogP contribution in [0.4, 0.5) is 0 Å². The molecule has 3 aromatic rings. The van der Waals surface area contributed by atoms with Crippen LogP contribution in [-0.4, -0.2) is 19.9 Å². The Labute approximate surface area is 168 Å². The standard InChI is InChI=1S/C23H26N4O2/c1-5-15-8-6-9-16(12-15)10-7-11-17-21(28)27-19(22(29)26-17)13-18-20(23(2,3)4)25-14-24-18/h6-14H,5H2,1-4H3,(H,24,25)(H,26,29)(H,27,28)/b10-7+,17-11-,19-13-. The SMILES string of the molecule is CCc1cccc(/C=C/C=c2\[nH]c(=O)/c(=C/c3nc[nH]c3C(C)(C)C)[nH]c2=O)c1. The zero-order valence-electron chi connectivity index (χ0n) is 17.2. The van der Waals surface area contributed by atoms with Crippen molar-refractivity contribution in [3.05, 3.63) is 90.6 Å². The van der Waals surface area contributed by atoms with E-state index in [-0.39, 0.29) is 27.2 Å². The average Bonchev–Trinajstić information content (AvgIpc) is 3.14. The summed E-state index contributed by atoms with van der Waals surface area (Å²) in [5, 5.41) is 0.373. The number of aryl methyl sites for hydroxylation is 1. The molecule has 29 heavy (non-hydrogen) atoms. The maximum atomic E-state index is 12.5. The summed E-state index contributed by atoms with van der Waals surface area (Å²) in [5.74, 6) is 0. The van der Waals surface area contributed by atoms with Crippen molar-refractivity contribution in [2.75, 3.05) is 0 Å². The molecule has 0 saturated heterocycles. The van der Waals surface area contributed by atoms with Crippen LogP contribution in [0.3, 0.4) is 0 Å². The van der Waals surface area contributed by atoms with Gasteiger partial charge in [-0.25, -0.2) is 4.98 Å². The first kappa shape index (κ1) is 20.3. The molecule has 0 aliphatic rings. The summed E-state index contributed by atoms with van der Waals surface area (Å²) in [6.07, 6.45) is 9.38. The fourth-order valence-corrected chi connectivity index (χ4v) is 3.04. The maximum absolute atomic E-state index is 12.5. The third-order valence-corrected chi connectivity index (χ3v) is 4.60. The van der Waals surface area contributed by atoms with Crippen LogP contribution in [0.2, 0.25) is 0 Å². The van der Waals surface area contributed by atoms with Crippen LogP contribution >= 0.6 is 0 Å². The van der Waals surface area contributed by atoms with E-state index < -0.39 is 0 Å². The highest BCUT2D eigenvalue weighted by Crippen LogP contribution is 2.22. The molecule has 0 spiro atoms. The number of aromatic nitrogens is 4. The first-order valence-corrected chi connectivity index (χ1v) is 9.63. The van der Waals surface area contributed by atoms with Gasteiger partial charge in [0.15, 0.2) is 0 Å². The largest absolute Gasteiger partial charge is 0.348 e. The van der Waals surface area contributed by atoms with E-state index in [1.54, 1.807) is 24.6 Å². The summed E-state index contributed by atoms with van der Waals surface area (Å²) in [7, 11) is 0. The number of nitrogens with one attached hydrogen (secondary N) is 3. The second-order valence-electron chi connectivity index (χ2n) is 7.92. The lowest BCUT2D eigenvalue weighted by Crippen LogP contribution is -2.46. The molecule has 0 atom stereocenters. The zero-order valence-corrected chi connectivity index (χ0v) is 17.2. The van der Waals surface area contributed by atoms with Gasteiger partial charge in [-0.2, -0.15) is 0 Å². The number of allylic oxidation sites excluding steroid dienone is 1. The predicted octanol–water partition coefficient (Wildman–Crippen LogP) is 1.97. The lowest BCUT2D eigenvalue weighted by molar-refractivity contribution is 0.571. The molecule has 6 nitrogen and oxygen atoms in total. The highest BCUT2D eigenvalue weighted by atomic mass is 16.1. The molecule has 0 saturated carbocycles. The van der Waals surface area contributed by atoms with Gasteiger partial charge in [-0.1, -0.05) is 64.1 Å². The first-order valence-electron chi connectivity index (χ1n) is 9.63. The average molecular weight is 390 g/mol. The Morgan fingerprint density at radius 3 is 2.52 bits per heavy atom. The van der Waals surface area contributed by atoms with Crippen molar-refractivity contribution < 1.29 is 0 Å². The molecule has 6 heteroatoms. The van der Waals surface area contributed by atoms with E-state index in [0.29, 0.717) is 5.69 Å². The lowest BCUT2D eigenvalue weighted by Gasteiger charge is -2.16. The van der Waals surface area contributed by atoms with E-state index in [2.05, 4.69) is 39.0 Å². The quantitative estimate of drug-likeness (QED) is 0.636. The molecule has 1 aromatic carbocycles. The monoisotopic (exact) mass is 390 g/mol. The highest BCUT2D eigenvalue weighted by molar-refractivity contribution is 5.57. The molecule has 3 N–H and O–H groups in total. The fourth-order valence-electron chi connectivity index (χ4n) is 3.04. The molecule has 0 amide bonds. The van der Waals surface area contributed by atoms with Crippen molar-refractivity contribution in [2.24, 2.45) is 0 Å². The molecule has 150 valence electrons. The number of benzene rings is 1. The number of aromatic amines is 3. The summed E-state index contributed by atoms with van der Waals surface area (Å²) in [5.41, 5.74) is 2.90. The second-order valence-corrected chi connectivity index (χ2v) is 7.92. The molecule has 2 aromatic heterocycles. The van der Waals surface area contributed by atoms with Crippen molar-refractivity contribution in [3.8, 4) is 0 Å². The van der Waals surface area contributed by atoms with Gasteiger partial charge in [-0.05, 0) is 29.7 Å². The van der Waals surface area contributed by atoms with Gasteiger partial charge in [-0.15, -0.1) is 0 Å². The van der Waals surface area contributed by atoms with Crippen LogP contribution in [0.5, 0.6) is 0 Å².